The Bertz CT molecular complexity index is 593. The van der Waals surface area contributed by atoms with E-state index in [0.29, 0.717) is 6.04 Å². The van der Waals surface area contributed by atoms with Crippen LogP contribution < -0.4 is 5.32 Å². The van der Waals surface area contributed by atoms with E-state index in [-0.39, 0.29) is 22.5 Å². The second-order valence-corrected chi connectivity index (χ2v) is 6.63. The number of amides is 1. The van der Waals surface area contributed by atoms with Gasteiger partial charge in [-0.3, -0.25) is 4.79 Å². The number of halogens is 4. The van der Waals surface area contributed by atoms with Gasteiger partial charge in [0.05, 0.1) is 16.3 Å². The maximum Gasteiger partial charge on any atom is 0.416 e. The molecule has 1 aliphatic carbocycles. The molecule has 0 radical (unpaired) electrons. The molecule has 7 heteroatoms. The maximum absolute atomic E-state index is 12.8. The fourth-order valence-corrected chi connectivity index (χ4v) is 3.16. The van der Waals surface area contributed by atoms with E-state index in [1.807, 2.05) is 0 Å². The van der Waals surface area contributed by atoms with Crippen LogP contribution in [0.5, 0.6) is 0 Å². The molecule has 1 aromatic rings. The third kappa shape index (κ3) is 3.98. The summed E-state index contributed by atoms with van der Waals surface area (Å²) in [7, 11) is 0. The van der Waals surface area contributed by atoms with Crippen molar-refractivity contribution in [1.29, 1.82) is 0 Å². The van der Waals surface area contributed by atoms with Crippen molar-refractivity contribution >= 4 is 23.2 Å². The summed E-state index contributed by atoms with van der Waals surface area (Å²) in [6.45, 7) is 1.75. The average molecular weight is 347 g/mol. The molecule has 0 aromatic heterocycles. The van der Waals surface area contributed by atoms with Crippen molar-refractivity contribution in [2.45, 2.75) is 37.9 Å². The van der Waals surface area contributed by atoms with Crippen LogP contribution in [0.2, 0.25) is 5.02 Å². The van der Waals surface area contributed by atoms with Gasteiger partial charge in [0, 0.05) is 12.0 Å². The molecule has 0 spiro atoms. The topological polar surface area (TPSA) is 32.3 Å². The molecule has 1 aliphatic heterocycles. The van der Waals surface area contributed by atoms with Crippen molar-refractivity contribution < 1.29 is 18.0 Å². The smallest absolute Gasteiger partial charge is 0.325 e. The quantitative estimate of drug-likeness (QED) is 0.890. The van der Waals surface area contributed by atoms with Gasteiger partial charge in [-0.05, 0) is 57.0 Å². The molecule has 1 saturated carbocycles. The van der Waals surface area contributed by atoms with Gasteiger partial charge in [0.25, 0.3) is 0 Å². The van der Waals surface area contributed by atoms with Gasteiger partial charge in [0.1, 0.15) is 0 Å². The number of anilines is 1. The van der Waals surface area contributed by atoms with Gasteiger partial charge in [-0.15, -0.1) is 0 Å². The number of piperidine rings is 1. The Kier molecular flexibility index (Phi) is 4.56. The average Bonchev–Trinajstić information content (AvgIpc) is 3.33. The fraction of sp³-hybridized carbons (Fsp3) is 0.562. The molecule has 1 N–H and O–H groups in total. The highest BCUT2D eigenvalue weighted by atomic mass is 35.5. The molecule has 1 saturated heterocycles. The summed E-state index contributed by atoms with van der Waals surface area (Å²) >= 11 is 5.91. The summed E-state index contributed by atoms with van der Waals surface area (Å²) in [5.41, 5.74) is -0.795. The largest absolute Gasteiger partial charge is 0.416 e. The Morgan fingerprint density at radius 2 is 1.83 bits per heavy atom. The molecule has 0 atom stereocenters. The molecular formula is C16H18ClF3N2O. The van der Waals surface area contributed by atoms with Crippen LogP contribution in [0, 0.1) is 5.92 Å². The molecule has 1 heterocycles. The van der Waals surface area contributed by atoms with Gasteiger partial charge in [-0.25, -0.2) is 0 Å². The van der Waals surface area contributed by atoms with Gasteiger partial charge in [0.15, 0.2) is 0 Å². The molecule has 1 amide bonds. The molecule has 0 bridgehead atoms. The first-order valence-electron chi connectivity index (χ1n) is 7.76. The van der Waals surface area contributed by atoms with Crippen LogP contribution in [0.3, 0.4) is 0 Å². The third-order valence-corrected chi connectivity index (χ3v) is 4.84. The van der Waals surface area contributed by atoms with Crippen LogP contribution in [0.4, 0.5) is 18.9 Å². The fourth-order valence-electron chi connectivity index (χ4n) is 3.00. The first-order chi connectivity index (χ1) is 10.8. The summed E-state index contributed by atoms with van der Waals surface area (Å²) in [5, 5.41) is 2.68. The molecule has 23 heavy (non-hydrogen) atoms. The van der Waals surface area contributed by atoms with Crippen molar-refractivity contribution in [3.8, 4) is 0 Å². The Balaban J connectivity index is 1.63. The van der Waals surface area contributed by atoms with Crippen LogP contribution in [0.1, 0.15) is 31.2 Å². The molecular weight excluding hydrogens is 329 g/mol. The molecule has 2 aliphatic rings. The number of nitrogens with zero attached hydrogens (tertiary/aromatic N) is 1. The first kappa shape index (κ1) is 16.6. The summed E-state index contributed by atoms with van der Waals surface area (Å²) in [4.78, 5) is 14.7. The van der Waals surface area contributed by atoms with Gasteiger partial charge < -0.3 is 10.2 Å². The summed E-state index contributed by atoms with van der Waals surface area (Å²) in [6.07, 6.45) is -0.523. The SMILES string of the molecule is O=C(Nc1cc(C(F)(F)F)ccc1Cl)C1CCN(C2CC2)CC1. The Labute approximate surface area is 137 Å². The van der Waals surface area contributed by atoms with Crippen molar-refractivity contribution in [3.05, 3.63) is 28.8 Å². The Morgan fingerprint density at radius 1 is 1.17 bits per heavy atom. The second-order valence-electron chi connectivity index (χ2n) is 6.22. The highest BCUT2D eigenvalue weighted by Gasteiger charge is 2.34. The van der Waals surface area contributed by atoms with Gasteiger partial charge in [-0.2, -0.15) is 13.2 Å². The summed E-state index contributed by atoms with van der Waals surface area (Å²) in [5.74, 6) is -0.419. The zero-order valence-corrected chi connectivity index (χ0v) is 13.3. The van der Waals surface area contributed by atoms with Gasteiger partial charge in [0.2, 0.25) is 5.91 Å². The number of rotatable bonds is 3. The lowest BCUT2D eigenvalue weighted by Crippen LogP contribution is -2.39. The monoisotopic (exact) mass is 346 g/mol. The maximum atomic E-state index is 12.8. The van der Waals surface area contributed by atoms with E-state index in [9.17, 15) is 18.0 Å². The van der Waals surface area contributed by atoms with E-state index < -0.39 is 11.7 Å². The third-order valence-electron chi connectivity index (χ3n) is 4.52. The van der Waals surface area contributed by atoms with Crippen molar-refractivity contribution in [2.24, 2.45) is 5.92 Å². The Morgan fingerprint density at radius 3 is 2.39 bits per heavy atom. The number of benzene rings is 1. The van der Waals surface area contributed by atoms with Crippen molar-refractivity contribution in [2.75, 3.05) is 18.4 Å². The molecule has 3 nitrogen and oxygen atoms in total. The lowest BCUT2D eigenvalue weighted by atomic mass is 9.95. The standard InChI is InChI=1S/C16H18ClF3N2O/c17-13-4-1-11(16(18,19)20)9-14(13)21-15(23)10-5-7-22(8-6-10)12-2-3-12/h1,4,9-10,12H,2-3,5-8H2,(H,21,23). The zero-order chi connectivity index (χ0) is 16.6. The molecule has 126 valence electrons. The number of likely N-dealkylation sites (tertiary alicyclic amines) is 1. The van der Waals surface area contributed by atoms with Crippen LogP contribution >= 0.6 is 11.6 Å². The molecule has 1 aromatic carbocycles. The van der Waals surface area contributed by atoms with E-state index in [0.717, 1.165) is 44.1 Å². The first-order valence-corrected chi connectivity index (χ1v) is 8.14. The predicted octanol–water partition coefficient (Wildman–Crippen LogP) is 4.17. The van der Waals surface area contributed by atoms with Gasteiger partial charge in [-0.1, -0.05) is 11.6 Å². The minimum Gasteiger partial charge on any atom is -0.325 e. The predicted molar refractivity (Wildman–Crippen MR) is 82.4 cm³/mol. The Hall–Kier alpha value is -1.27. The van der Waals surface area contributed by atoms with Crippen LogP contribution in [-0.4, -0.2) is 29.9 Å². The van der Waals surface area contributed by atoms with Crippen molar-refractivity contribution in [1.82, 2.24) is 4.90 Å². The number of nitrogens with one attached hydrogen (secondary N) is 1. The highest BCUT2D eigenvalue weighted by Crippen LogP contribution is 2.35. The van der Waals surface area contributed by atoms with Crippen LogP contribution in [-0.2, 0) is 11.0 Å². The van der Waals surface area contributed by atoms with E-state index in [1.54, 1.807) is 0 Å². The molecule has 2 fully saturated rings. The summed E-state index contributed by atoms with van der Waals surface area (Å²) < 4.78 is 38.3. The lowest BCUT2D eigenvalue weighted by molar-refractivity contribution is -0.137. The number of carbonyl (C=O) groups excluding carboxylic acids is 1. The van der Waals surface area contributed by atoms with Gasteiger partial charge >= 0.3 is 6.18 Å². The van der Waals surface area contributed by atoms with E-state index in [2.05, 4.69) is 10.2 Å². The summed E-state index contributed by atoms with van der Waals surface area (Å²) in [6, 6.07) is 3.64. The number of hydrogen-bond donors (Lipinski definition) is 1. The number of alkyl halides is 3. The van der Waals surface area contributed by atoms with Crippen molar-refractivity contribution in [3.63, 3.8) is 0 Å². The zero-order valence-electron chi connectivity index (χ0n) is 12.5. The van der Waals surface area contributed by atoms with Crippen LogP contribution in [0.15, 0.2) is 18.2 Å². The van der Waals surface area contributed by atoms with E-state index in [1.165, 1.54) is 12.8 Å². The number of hydrogen-bond acceptors (Lipinski definition) is 2. The lowest BCUT2D eigenvalue weighted by Gasteiger charge is -2.31. The molecule has 0 unspecified atom stereocenters. The highest BCUT2D eigenvalue weighted by molar-refractivity contribution is 6.33. The van der Waals surface area contributed by atoms with E-state index >= 15 is 0 Å². The second kappa shape index (κ2) is 6.32. The van der Waals surface area contributed by atoms with E-state index in [4.69, 9.17) is 11.6 Å². The normalized spacial score (nSPS) is 20.5. The molecule has 3 rings (SSSR count). The minimum atomic E-state index is -4.46. The van der Waals surface area contributed by atoms with Crippen LogP contribution in [0.25, 0.3) is 0 Å². The minimum absolute atomic E-state index is 0.0242. The number of carbonyl (C=O) groups is 1.